The van der Waals surface area contributed by atoms with Crippen LogP contribution >= 0.6 is 15.9 Å². The van der Waals surface area contributed by atoms with Gasteiger partial charge < -0.3 is 4.74 Å². The largest absolute Gasteiger partial charge is 0.461 e. The van der Waals surface area contributed by atoms with Crippen LogP contribution in [0.25, 0.3) is 0 Å². The van der Waals surface area contributed by atoms with Gasteiger partial charge in [0.15, 0.2) is 0 Å². The van der Waals surface area contributed by atoms with Gasteiger partial charge in [0.1, 0.15) is 6.61 Å². The molecule has 1 aromatic carbocycles. The highest BCUT2D eigenvalue weighted by Crippen LogP contribution is 2.07. The maximum atomic E-state index is 11.4. The molecule has 3 heteroatoms. The minimum Gasteiger partial charge on any atom is -0.461 e. The number of halogens is 1. The Bertz CT molecular complexity index is 285. The van der Waals surface area contributed by atoms with Gasteiger partial charge >= 0.3 is 5.97 Å². The van der Waals surface area contributed by atoms with Gasteiger partial charge in [0, 0.05) is 4.83 Å². The van der Waals surface area contributed by atoms with E-state index in [1.54, 1.807) is 12.1 Å². The minimum absolute atomic E-state index is 0.246. The number of hydrogen-bond acceptors (Lipinski definition) is 2. The Hall–Kier alpha value is -0.830. The lowest BCUT2D eigenvalue weighted by Gasteiger charge is -2.07. The summed E-state index contributed by atoms with van der Waals surface area (Å²) < 4.78 is 5.09. The van der Waals surface area contributed by atoms with Crippen LogP contribution in [-0.2, 0) is 4.74 Å². The summed E-state index contributed by atoms with van der Waals surface area (Å²) in [7, 11) is 0. The molecule has 0 aliphatic rings. The first-order valence-electron chi connectivity index (χ1n) is 4.60. The second kappa shape index (κ2) is 5.81. The third kappa shape index (κ3) is 3.50. The molecule has 1 rings (SSSR count). The molecule has 76 valence electrons. The van der Waals surface area contributed by atoms with Crippen LogP contribution in [0.1, 0.15) is 23.7 Å². The first-order chi connectivity index (χ1) is 6.74. The van der Waals surface area contributed by atoms with Crippen molar-refractivity contribution < 1.29 is 9.53 Å². The summed E-state index contributed by atoms with van der Waals surface area (Å²) >= 11 is 3.40. The Morgan fingerprint density at radius 1 is 1.43 bits per heavy atom. The van der Waals surface area contributed by atoms with E-state index in [4.69, 9.17) is 4.74 Å². The van der Waals surface area contributed by atoms with Crippen molar-refractivity contribution in [2.75, 3.05) is 6.61 Å². The van der Waals surface area contributed by atoms with Gasteiger partial charge in [0.05, 0.1) is 5.56 Å². The number of alkyl halides is 1. The van der Waals surface area contributed by atoms with Gasteiger partial charge in [0.2, 0.25) is 0 Å². The van der Waals surface area contributed by atoms with Crippen molar-refractivity contribution in [3.05, 3.63) is 35.9 Å². The number of esters is 1. The molecular weight excluding hydrogens is 244 g/mol. The van der Waals surface area contributed by atoms with Crippen LogP contribution in [0.5, 0.6) is 0 Å². The van der Waals surface area contributed by atoms with E-state index < -0.39 is 0 Å². The van der Waals surface area contributed by atoms with Gasteiger partial charge in [-0.1, -0.05) is 41.1 Å². The van der Waals surface area contributed by atoms with Crippen molar-refractivity contribution >= 4 is 21.9 Å². The zero-order valence-corrected chi connectivity index (χ0v) is 9.66. The summed E-state index contributed by atoms with van der Waals surface area (Å²) in [5.74, 6) is -0.261. The topological polar surface area (TPSA) is 26.3 Å². The van der Waals surface area contributed by atoms with E-state index in [-0.39, 0.29) is 10.8 Å². The average molecular weight is 257 g/mol. The molecule has 1 unspecified atom stereocenters. The van der Waals surface area contributed by atoms with Crippen molar-refractivity contribution in [2.24, 2.45) is 0 Å². The Morgan fingerprint density at radius 2 is 2.07 bits per heavy atom. The first kappa shape index (κ1) is 11.2. The van der Waals surface area contributed by atoms with E-state index in [2.05, 4.69) is 15.9 Å². The lowest BCUT2D eigenvalue weighted by molar-refractivity contribution is 0.0507. The highest BCUT2D eigenvalue weighted by molar-refractivity contribution is 9.09. The number of carbonyl (C=O) groups is 1. The van der Waals surface area contributed by atoms with Crippen LogP contribution < -0.4 is 0 Å². The van der Waals surface area contributed by atoms with Crippen LogP contribution in [0.2, 0.25) is 0 Å². The fourth-order valence-corrected chi connectivity index (χ4v) is 1.07. The molecule has 0 bridgehead atoms. The summed E-state index contributed by atoms with van der Waals surface area (Å²) in [6, 6.07) is 9.01. The van der Waals surface area contributed by atoms with E-state index >= 15 is 0 Å². The van der Waals surface area contributed by atoms with E-state index in [0.717, 1.165) is 6.42 Å². The van der Waals surface area contributed by atoms with Crippen LogP contribution in [0.3, 0.4) is 0 Å². The Morgan fingerprint density at radius 3 is 2.64 bits per heavy atom. The average Bonchev–Trinajstić information content (AvgIpc) is 2.26. The van der Waals surface area contributed by atoms with Gasteiger partial charge in [-0.25, -0.2) is 4.79 Å². The van der Waals surface area contributed by atoms with Crippen molar-refractivity contribution in [1.82, 2.24) is 0 Å². The predicted octanol–water partition coefficient (Wildman–Crippen LogP) is 3.02. The van der Waals surface area contributed by atoms with E-state index in [0.29, 0.717) is 12.2 Å². The number of carbonyl (C=O) groups excluding carboxylic acids is 1. The molecule has 0 heterocycles. The Labute approximate surface area is 92.4 Å². The number of rotatable bonds is 4. The van der Waals surface area contributed by atoms with Crippen molar-refractivity contribution in [1.29, 1.82) is 0 Å². The molecule has 0 saturated carbocycles. The van der Waals surface area contributed by atoms with Crippen LogP contribution in [-0.4, -0.2) is 17.4 Å². The van der Waals surface area contributed by atoms with Gasteiger partial charge in [-0.05, 0) is 18.6 Å². The standard InChI is InChI=1S/C11H13BrO2/c1-2-10(12)8-14-11(13)9-6-4-3-5-7-9/h3-7,10H,2,8H2,1H3. The van der Waals surface area contributed by atoms with Crippen LogP contribution in [0.4, 0.5) is 0 Å². The summed E-state index contributed by atoms with van der Waals surface area (Å²) in [6.45, 7) is 2.46. The van der Waals surface area contributed by atoms with Crippen molar-refractivity contribution in [2.45, 2.75) is 18.2 Å². The molecule has 1 aromatic rings. The summed E-state index contributed by atoms with van der Waals surface area (Å²) in [5.41, 5.74) is 0.600. The molecule has 0 aliphatic heterocycles. The predicted molar refractivity (Wildman–Crippen MR) is 59.7 cm³/mol. The van der Waals surface area contributed by atoms with Crippen LogP contribution in [0.15, 0.2) is 30.3 Å². The molecule has 14 heavy (non-hydrogen) atoms. The van der Waals surface area contributed by atoms with Crippen LogP contribution in [0, 0.1) is 0 Å². The van der Waals surface area contributed by atoms with E-state index in [9.17, 15) is 4.79 Å². The normalized spacial score (nSPS) is 12.1. The van der Waals surface area contributed by atoms with E-state index in [1.807, 2.05) is 25.1 Å². The summed E-state index contributed by atoms with van der Waals surface area (Å²) in [6.07, 6.45) is 0.946. The van der Waals surface area contributed by atoms with Gasteiger partial charge in [-0.15, -0.1) is 0 Å². The van der Waals surface area contributed by atoms with Crippen molar-refractivity contribution in [3.63, 3.8) is 0 Å². The molecule has 0 N–H and O–H groups in total. The smallest absolute Gasteiger partial charge is 0.338 e. The first-order valence-corrected chi connectivity index (χ1v) is 5.52. The molecule has 0 amide bonds. The SMILES string of the molecule is CCC(Br)COC(=O)c1ccccc1. The molecule has 0 spiro atoms. The number of benzene rings is 1. The molecule has 0 radical (unpaired) electrons. The van der Waals surface area contributed by atoms with Crippen molar-refractivity contribution in [3.8, 4) is 0 Å². The molecule has 1 atom stereocenters. The second-order valence-electron chi connectivity index (χ2n) is 2.97. The molecule has 0 aliphatic carbocycles. The lowest BCUT2D eigenvalue weighted by Crippen LogP contribution is -2.13. The second-order valence-corrected chi connectivity index (χ2v) is 4.26. The van der Waals surface area contributed by atoms with Gasteiger partial charge in [0.25, 0.3) is 0 Å². The Kier molecular flexibility index (Phi) is 4.66. The maximum absolute atomic E-state index is 11.4. The third-order valence-electron chi connectivity index (χ3n) is 1.85. The third-order valence-corrected chi connectivity index (χ3v) is 2.76. The monoisotopic (exact) mass is 256 g/mol. The number of hydrogen-bond donors (Lipinski definition) is 0. The molecule has 0 fully saturated rings. The highest BCUT2D eigenvalue weighted by Gasteiger charge is 2.08. The molecule has 2 nitrogen and oxygen atoms in total. The fourth-order valence-electron chi connectivity index (χ4n) is 0.942. The van der Waals surface area contributed by atoms with Gasteiger partial charge in [-0.3, -0.25) is 0 Å². The lowest BCUT2D eigenvalue weighted by atomic mass is 10.2. The van der Waals surface area contributed by atoms with Gasteiger partial charge in [-0.2, -0.15) is 0 Å². The molecule has 0 saturated heterocycles. The quantitative estimate of drug-likeness (QED) is 0.612. The minimum atomic E-state index is -0.261. The van der Waals surface area contributed by atoms with E-state index in [1.165, 1.54) is 0 Å². The fraction of sp³-hybridized carbons (Fsp3) is 0.364. The Balaban J connectivity index is 2.44. The summed E-state index contributed by atoms with van der Waals surface area (Å²) in [4.78, 5) is 11.7. The summed E-state index contributed by atoms with van der Waals surface area (Å²) in [5, 5.41) is 0. The maximum Gasteiger partial charge on any atom is 0.338 e. The number of ether oxygens (including phenoxy) is 1. The highest BCUT2D eigenvalue weighted by atomic mass is 79.9. The molecular formula is C11H13BrO2. The zero-order valence-electron chi connectivity index (χ0n) is 8.07. The zero-order chi connectivity index (χ0) is 10.4. The molecule has 0 aromatic heterocycles.